The van der Waals surface area contributed by atoms with Crippen molar-refractivity contribution in [2.45, 2.75) is 19.8 Å². The summed E-state index contributed by atoms with van der Waals surface area (Å²) in [4.78, 5) is 22.4. The van der Waals surface area contributed by atoms with Crippen LogP contribution in [0.25, 0.3) is 0 Å². The summed E-state index contributed by atoms with van der Waals surface area (Å²) in [6.07, 6.45) is 1.42. The molecule has 1 aliphatic rings. The van der Waals surface area contributed by atoms with Crippen molar-refractivity contribution in [2.24, 2.45) is 5.92 Å². The number of hydrogen-bond donors (Lipinski definition) is 3. The van der Waals surface area contributed by atoms with Crippen LogP contribution in [0.15, 0.2) is 0 Å². The maximum atomic E-state index is 11.5. The predicted octanol–water partition coefficient (Wildman–Crippen LogP) is -0.340. The van der Waals surface area contributed by atoms with E-state index in [-0.39, 0.29) is 30.1 Å². The van der Waals surface area contributed by atoms with Crippen molar-refractivity contribution >= 4 is 24.2 Å². The van der Waals surface area contributed by atoms with E-state index in [9.17, 15) is 9.59 Å². The summed E-state index contributed by atoms with van der Waals surface area (Å²) < 4.78 is 0. The summed E-state index contributed by atoms with van der Waals surface area (Å²) in [5.74, 6) is -0.227. The van der Waals surface area contributed by atoms with Crippen LogP contribution in [0, 0.1) is 5.92 Å². The molecule has 1 atom stereocenters. The van der Waals surface area contributed by atoms with E-state index in [1.165, 1.54) is 0 Å². The molecule has 1 saturated heterocycles. The molecule has 0 saturated carbocycles. The second-order valence-electron chi connectivity index (χ2n) is 3.75. The Labute approximate surface area is 102 Å². The van der Waals surface area contributed by atoms with Gasteiger partial charge in [-0.25, -0.2) is 0 Å². The highest BCUT2D eigenvalue weighted by molar-refractivity contribution is 5.89. The first kappa shape index (κ1) is 15.2. The lowest BCUT2D eigenvalue weighted by Crippen LogP contribution is -2.36. The third-order valence-corrected chi connectivity index (χ3v) is 2.38. The quantitative estimate of drug-likeness (QED) is 0.564. The molecule has 1 aliphatic heterocycles. The second kappa shape index (κ2) is 8.35. The number of rotatable bonds is 6. The average Bonchev–Trinajstić information content (AvgIpc) is 2.64. The Bertz CT molecular complexity index is 236. The van der Waals surface area contributed by atoms with Crippen LogP contribution in [-0.4, -0.2) is 38.0 Å². The van der Waals surface area contributed by atoms with E-state index in [2.05, 4.69) is 22.9 Å². The molecule has 1 heterocycles. The van der Waals surface area contributed by atoms with Gasteiger partial charge in [0.25, 0.3) is 0 Å². The Hall–Kier alpha value is -0.810. The Morgan fingerprint density at radius 3 is 2.75 bits per heavy atom. The zero-order valence-electron chi connectivity index (χ0n) is 9.54. The summed E-state index contributed by atoms with van der Waals surface area (Å²) in [5, 5.41) is 8.65. The molecule has 5 nitrogen and oxygen atoms in total. The van der Waals surface area contributed by atoms with E-state index in [0.717, 1.165) is 19.5 Å². The number of carbonyl (C=O) groups excluding carboxylic acids is 2. The third-order valence-electron chi connectivity index (χ3n) is 2.38. The summed E-state index contributed by atoms with van der Waals surface area (Å²) >= 11 is 0. The zero-order chi connectivity index (χ0) is 11.1. The van der Waals surface area contributed by atoms with Gasteiger partial charge in [-0.2, -0.15) is 0 Å². The summed E-state index contributed by atoms with van der Waals surface area (Å²) in [7, 11) is 0. The van der Waals surface area contributed by atoms with Crippen molar-refractivity contribution in [3.8, 4) is 0 Å². The molecular formula is C10H20ClN3O2. The van der Waals surface area contributed by atoms with Crippen LogP contribution in [0.5, 0.6) is 0 Å². The topological polar surface area (TPSA) is 70.2 Å². The van der Waals surface area contributed by atoms with Gasteiger partial charge in [0.2, 0.25) is 11.8 Å². The molecule has 1 fully saturated rings. The lowest BCUT2D eigenvalue weighted by atomic mass is 10.1. The molecule has 0 radical (unpaired) electrons. The van der Waals surface area contributed by atoms with E-state index in [0.29, 0.717) is 19.5 Å². The van der Waals surface area contributed by atoms with Crippen LogP contribution < -0.4 is 16.0 Å². The number of nitrogens with one attached hydrogen (secondary N) is 3. The molecule has 16 heavy (non-hydrogen) atoms. The van der Waals surface area contributed by atoms with Gasteiger partial charge in [-0.3, -0.25) is 9.59 Å². The van der Waals surface area contributed by atoms with Crippen molar-refractivity contribution in [3.63, 3.8) is 0 Å². The molecule has 1 unspecified atom stereocenters. The number of hydrogen-bond acceptors (Lipinski definition) is 3. The summed E-state index contributed by atoms with van der Waals surface area (Å²) in [6, 6.07) is 0. The molecule has 0 aliphatic carbocycles. The van der Waals surface area contributed by atoms with Gasteiger partial charge in [0, 0.05) is 26.1 Å². The van der Waals surface area contributed by atoms with Gasteiger partial charge in [-0.05, 0) is 13.0 Å². The SMILES string of the molecule is CCCNCCNC(=O)C1CNC(=O)C1.Cl. The minimum Gasteiger partial charge on any atom is -0.355 e. The third kappa shape index (κ3) is 5.32. The molecule has 1 rings (SSSR count). The molecule has 6 heteroatoms. The lowest BCUT2D eigenvalue weighted by molar-refractivity contribution is -0.126. The standard InChI is InChI=1S/C10H19N3O2.ClH/c1-2-3-11-4-5-12-10(15)8-6-9(14)13-7-8;/h8,11H,2-7H2,1H3,(H,12,15)(H,13,14);1H. The van der Waals surface area contributed by atoms with Crippen molar-refractivity contribution in [3.05, 3.63) is 0 Å². The van der Waals surface area contributed by atoms with E-state index in [4.69, 9.17) is 0 Å². The van der Waals surface area contributed by atoms with E-state index in [1.807, 2.05) is 0 Å². The minimum atomic E-state index is -0.177. The van der Waals surface area contributed by atoms with Gasteiger partial charge in [0.05, 0.1) is 5.92 Å². The van der Waals surface area contributed by atoms with Gasteiger partial charge in [0.15, 0.2) is 0 Å². The van der Waals surface area contributed by atoms with Crippen LogP contribution >= 0.6 is 12.4 Å². The fraction of sp³-hybridized carbons (Fsp3) is 0.800. The molecule has 0 aromatic rings. The smallest absolute Gasteiger partial charge is 0.225 e. The molecule has 3 N–H and O–H groups in total. The average molecular weight is 250 g/mol. The molecule has 2 amide bonds. The Morgan fingerprint density at radius 1 is 1.44 bits per heavy atom. The van der Waals surface area contributed by atoms with Crippen molar-refractivity contribution in [2.75, 3.05) is 26.2 Å². The fourth-order valence-corrected chi connectivity index (χ4v) is 1.51. The first-order chi connectivity index (χ1) is 7.24. The van der Waals surface area contributed by atoms with Crippen LogP contribution in [0.1, 0.15) is 19.8 Å². The highest BCUT2D eigenvalue weighted by Crippen LogP contribution is 2.07. The van der Waals surface area contributed by atoms with Crippen molar-refractivity contribution in [1.82, 2.24) is 16.0 Å². The van der Waals surface area contributed by atoms with Crippen molar-refractivity contribution in [1.29, 1.82) is 0 Å². The van der Waals surface area contributed by atoms with Crippen LogP contribution in [0.2, 0.25) is 0 Å². The van der Waals surface area contributed by atoms with Crippen LogP contribution in [0.4, 0.5) is 0 Å². The predicted molar refractivity (Wildman–Crippen MR) is 64.5 cm³/mol. The lowest BCUT2D eigenvalue weighted by Gasteiger charge is -2.09. The number of halogens is 1. The summed E-state index contributed by atoms with van der Waals surface area (Å²) in [6.45, 7) is 4.96. The van der Waals surface area contributed by atoms with E-state index < -0.39 is 0 Å². The van der Waals surface area contributed by atoms with E-state index in [1.54, 1.807) is 0 Å². The number of amides is 2. The van der Waals surface area contributed by atoms with Gasteiger partial charge >= 0.3 is 0 Å². The molecule has 0 bridgehead atoms. The van der Waals surface area contributed by atoms with Gasteiger partial charge in [-0.15, -0.1) is 12.4 Å². The van der Waals surface area contributed by atoms with Gasteiger partial charge < -0.3 is 16.0 Å². The van der Waals surface area contributed by atoms with Gasteiger partial charge in [0.1, 0.15) is 0 Å². The molecule has 0 aromatic carbocycles. The Balaban J connectivity index is 0.00000225. The van der Waals surface area contributed by atoms with Crippen LogP contribution in [-0.2, 0) is 9.59 Å². The summed E-state index contributed by atoms with van der Waals surface area (Å²) in [5.41, 5.74) is 0. The molecule has 0 aromatic heterocycles. The van der Waals surface area contributed by atoms with Crippen LogP contribution in [0.3, 0.4) is 0 Å². The van der Waals surface area contributed by atoms with E-state index >= 15 is 0 Å². The first-order valence-electron chi connectivity index (χ1n) is 5.49. The molecule has 0 spiro atoms. The number of carbonyl (C=O) groups is 2. The normalized spacial score (nSPS) is 18.8. The highest BCUT2D eigenvalue weighted by Gasteiger charge is 2.27. The minimum absolute atomic E-state index is 0. The zero-order valence-corrected chi connectivity index (χ0v) is 10.4. The maximum absolute atomic E-state index is 11.5. The second-order valence-corrected chi connectivity index (χ2v) is 3.75. The maximum Gasteiger partial charge on any atom is 0.225 e. The van der Waals surface area contributed by atoms with Crippen molar-refractivity contribution < 1.29 is 9.59 Å². The largest absolute Gasteiger partial charge is 0.355 e. The first-order valence-corrected chi connectivity index (χ1v) is 5.49. The molecular weight excluding hydrogens is 230 g/mol. The van der Waals surface area contributed by atoms with Gasteiger partial charge in [-0.1, -0.05) is 6.92 Å². The highest BCUT2D eigenvalue weighted by atomic mass is 35.5. The Kier molecular flexibility index (Phi) is 7.93. The molecule has 94 valence electrons. The fourth-order valence-electron chi connectivity index (χ4n) is 1.51. The monoisotopic (exact) mass is 249 g/mol. The Morgan fingerprint density at radius 2 is 2.19 bits per heavy atom.